The molecule has 10 aromatic heterocycles. The number of hydrogen-bond acceptors (Lipinski definition) is 18. The maximum atomic E-state index is 14.1. The fraction of sp³-hybridized carbons (Fsp3) is 0.115. The lowest BCUT2D eigenvalue weighted by molar-refractivity contribution is 0.235. The maximum absolute atomic E-state index is 14.1. The second-order valence-corrected chi connectivity index (χ2v) is 35.0. The topological polar surface area (TPSA) is 262 Å². The van der Waals surface area contributed by atoms with Gasteiger partial charge in [-0.1, -0.05) is 59.6 Å². The molecule has 0 saturated heterocycles. The molecule has 10 heterocycles. The summed E-state index contributed by atoms with van der Waals surface area (Å²) >= 11 is 12.5. The first-order valence-electron chi connectivity index (χ1n) is 46.0. The van der Waals surface area contributed by atoms with Crippen LogP contribution in [0.15, 0.2) is 327 Å². The minimum absolute atomic E-state index is 0.0717. The summed E-state index contributed by atoms with van der Waals surface area (Å²) in [6.07, 6.45) is -0.363. The standard InChI is InChI=1S/2C24H21F2N3O2.C23H19F2N3O2.2C21H14ClF2N3O/c1-14(2)31-24-23-20(12-15(3)27-24)29(19-10-6-17(26)7-11-19)22(13-21(23)30)28-18-8-4-16(25)5-9-18;1-14(2)31-24-23-20(10-15(3)27-24)29(19-9-5-7-17(26)12-19)22(13-21(23)30)28-18-8-4-6-16(25)11-18;1-3-30-23-22-19(10-14(2)26-23)28(18-9-5-7-16(25)12-18)21(13-20(22)29)27-17-8-4-6-15(24)11-17;1-12-10-17-20(21(22)25-12)18(28)11-19(26-15-6-2-13(23)3-7-15)27(17)16-8-4-14(24)5-9-16;1-12-8-17-20(21(22)25-12)18(28)11-19(26-15-6-2-4-13(23)9-15)27(17)16-7-3-5-14(24)10-16/h2*4-14,28H,1-3H3;4-13,27H,3H2,1-2H3;2*2-11,26H,1H3. The summed E-state index contributed by atoms with van der Waals surface area (Å²) in [4.78, 5) is 86.1. The van der Waals surface area contributed by atoms with Crippen LogP contribution in [-0.4, -0.2) is 66.6 Å². The van der Waals surface area contributed by atoms with Crippen LogP contribution in [0.5, 0.6) is 17.6 Å². The molecule has 23 nitrogen and oxygen atoms in total. The van der Waals surface area contributed by atoms with Crippen LogP contribution in [-0.2, 0) is 0 Å². The van der Waals surface area contributed by atoms with E-state index >= 15 is 0 Å². The Bertz CT molecular complexity index is 8790. The van der Waals surface area contributed by atoms with Crippen LogP contribution in [0.4, 0.5) is 101 Å². The number of pyridine rings is 10. The Balaban J connectivity index is 0.000000132. The fourth-order valence-corrected chi connectivity index (χ4v) is 17.0. The van der Waals surface area contributed by atoms with Crippen LogP contribution in [0, 0.1) is 92.8 Å². The zero-order valence-corrected chi connectivity index (χ0v) is 82.0. The van der Waals surface area contributed by atoms with E-state index in [1.54, 1.807) is 209 Å². The summed E-state index contributed by atoms with van der Waals surface area (Å²) in [5, 5.41) is 17.1. The average molecular weight is 2050 g/mol. The molecule has 748 valence electrons. The second-order valence-electron chi connectivity index (χ2n) is 34.3. The Hall–Kier alpha value is -17.7. The highest BCUT2D eigenvalue weighted by atomic mass is 35.5. The summed E-state index contributed by atoms with van der Waals surface area (Å²) in [5.41, 5.74) is 9.43. The Labute approximate surface area is 848 Å². The molecular weight excluding hydrogens is 1960 g/mol. The van der Waals surface area contributed by atoms with E-state index in [2.05, 4.69) is 51.5 Å². The van der Waals surface area contributed by atoms with Crippen LogP contribution in [0.1, 0.15) is 63.1 Å². The molecule has 0 aliphatic carbocycles. The van der Waals surface area contributed by atoms with Crippen molar-refractivity contribution in [3.63, 3.8) is 0 Å². The highest BCUT2D eigenvalue weighted by Crippen LogP contribution is 2.38. The van der Waals surface area contributed by atoms with Gasteiger partial charge in [-0.25, -0.2) is 68.8 Å². The molecule has 5 N–H and O–H groups in total. The lowest BCUT2D eigenvalue weighted by Crippen LogP contribution is -2.16. The third-order valence-corrected chi connectivity index (χ3v) is 22.8. The van der Waals surface area contributed by atoms with Crippen LogP contribution >= 0.6 is 23.2 Å². The van der Waals surface area contributed by atoms with E-state index in [1.165, 1.54) is 152 Å². The fourth-order valence-electron chi connectivity index (χ4n) is 16.3. The van der Waals surface area contributed by atoms with Crippen molar-refractivity contribution in [2.24, 2.45) is 0 Å². The van der Waals surface area contributed by atoms with E-state index in [-0.39, 0.29) is 112 Å². The van der Waals surface area contributed by atoms with E-state index in [1.807, 2.05) is 34.6 Å². The molecule has 0 amide bonds. The van der Waals surface area contributed by atoms with Crippen molar-refractivity contribution in [2.75, 3.05) is 33.2 Å². The largest absolute Gasteiger partial charge is 0.477 e. The summed E-state index contributed by atoms with van der Waals surface area (Å²) in [6.45, 7) is 18.5. The molecule has 0 aliphatic rings. The zero-order valence-electron chi connectivity index (χ0n) is 80.5. The first kappa shape index (κ1) is 103. The van der Waals surface area contributed by atoms with Crippen LogP contribution in [0.25, 0.3) is 83.0 Å². The molecule has 10 aromatic carbocycles. The maximum Gasteiger partial charge on any atom is 0.227 e. The van der Waals surface area contributed by atoms with Gasteiger partial charge < -0.3 is 40.8 Å². The van der Waals surface area contributed by atoms with Gasteiger partial charge in [-0.2, -0.15) is 0 Å². The minimum Gasteiger partial charge on any atom is -0.477 e. The number of aromatic nitrogens is 10. The lowest BCUT2D eigenvalue weighted by Gasteiger charge is -2.20. The Morgan fingerprint density at radius 1 is 0.257 bits per heavy atom. The Morgan fingerprint density at radius 2 is 0.486 bits per heavy atom. The molecule has 0 radical (unpaired) electrons. The Morgan fingerprint density at radius 3 is 0.757 bits per heavy atom. The molecule has 35 heteroatoms. The number of aryl methyl sites for hydroxylation is 5. The van der Waals surface area contributed by atoms with E-state index in [0.717, 1.165) is 0 Å². The van der Waals surface area contributed by atoms with Crippen LogP contribution in [0.3, 0.4) is 0 Å². The monoisotopic (exact) mass is 2040 g/mol. The average Bonchev–Trinajstić information content (AvgIpc) is 0.763. The summed E-state index contributed by atoms with van der Waals surface area (Å²) in [7, 11) is 0. The molecule has 20 aromatic rings. The van der Waals surface area contributed by atoms with Crippen molar-refractivity contribution < 1.29 is 58.1 Å². The third-order valence-electron chi connectivity index (χ3n) is 22.3. The summed E-state index contributed by atoms with van der Waals surface area (Å²) < 4.78 is 163. The Kier molecular flexibility index (Phi) is 31.4. The second kappa shape index (κ2) is 45.1. The summed E-state index contributed by atoms with van der Waals surface area (Å²) in [5.74, 6) is -1.40. The third kappa shape index (κ3) is 24.2. The number of fused-ring (bicyclic) bond motifs is 5. The number of hydrogen-bond donors (Lipinski definition) is 5. The predicted octanol–water partition coefficient (Wildman–Crippen LogP) is 26.9. The molecule has 0 atom stereocenters. The zero-order chi connectivity index (χ0) is 105. The van der Waals surface area contributed by atoms with E-state index in [9.17, 15) is 67.9 Å². The number of rotatable bonds is 21. The molecule has 0 saturated carbocycles. The molecule has 0 bridgehead atoms. The van der Waals surface area contributed by atoms with Gasteiger partial charge in [0.05, 0.1) is 74.2 Å². The van der Waals surface area contributed by atoms with E-state index in [0.29, 0.717) is 154 Å². The number of ether oxygens (including phenoxy) is 3. The van der Waals surface area contributed by atoms with E-state index < -0.39 is 34.9 Å². The molecule has 0 aliphatic heterocycles. The molecule has 0 unspecified atom stereocenters. The normalized spacial score (nSPS) is 11.1. The van der Waals surface area contributed by atoms with Crippen molar-refractivity contribution in [1.82, 2.24) is 47.8 Å². The quantitative estimate of drug-likeness (QED) is 0.0331. The van der Waals surface area contributed by atoms with Crippen molar-refractivity contribution in [3.05, 3.63) is 451 Å². The molecule has 20 rings (SSSR count). The van der Waals surface area contributed by atoms with Gasteiger partial charge in [-0.3, -0.25) is 46.8 Å². The highest BCUT2D eigenvalue weighted by Gasteiger charge is 2.26. The van der Waals surface area contributed by atoms with Crippen molar-refractivity contribution >= 4 is 135 Å². The number of nitrogens with one attached hydrogen (secondary N) is 5. The molecule has 0 spiro atoms. The van der Waals surface area contributed by atoms with Gasteiger partial charge in [0.25, 0.3) is 0 Å². The smallest absolute Gasteiger partial charge is 0.227 e. The van der Waals surface area contributed by atoms with Crippen molar-refractivity contribution in [2.45, 2.75) is 81.4 Å². The van der Waals surface area contributed by atoms with Crippen molar-refractivity contribution in [1.29, 1.82) is 0 Å². The SMILES string of the molecule is CCOc1nc(C)cc2c1c(=O)cc(Nc1cccc(F)c1)n2-c1cccc(F)c1.Cc1cc2c(c(Cl)n1)c(=O)cc(Nc1ccc(F)cc1)n2-c1ccc(F)cc1.Cc1cc2c(c(Cl)n1)c(=O)cc(Nc1cccc(F)c1)n2-c1cccc(F)c1.Cc1cc2c(c(OC(C)C)n1)c(=O)cc(Nc1ccc(F)cc1)n2-c1ccc(F)cc1.Cc1cc2c(c(OC(C)C)n1)c(=O)cc(Nc1cccc(F)c1)n2-c1cccc(F)c1. The van der Waals surface area contributed by atoms with Gasteiger partial charge in [0.2, 0.25) is 17.6 Å². The number of halogens is 12. The molecule has 0 fully saturated rings. The van der Waals surface area contributed by atoms with E-state index in [4.69, 9.17) is 37.4 Å². The van der Waals surface area contributed by atoms with Gasteiger partial charge in [0.15, 0.2) is 27.1 Å². The van der Waals surface area contributed by atoms with Gasteiger partial charge in [0, 0.05) is 98.6 Å². The van der Waals surface area contributed by atoms with Crippen molar-refractivity contribution in [3.8, 4) is 46.1 Å². The van der Waals surface area contributed by atoms with Crippen LogP contribution < -0.4 is 67.9 Å². The minimum atomic E-state index is -0.432. The van der Waals surface area contributed by atoms with Gasteiger partial charge in [-0.05, 0) is 306 Å². The number of nitrogens with zero attached hydrogens (tertiary/aromatic N) is 10. The first-order valence-corrected chi connectivity index (χ1v) is 46.8. The molecular formula is C113H89Cl2F10N15O8. The van der Waals surface area contributed by atoms with Gasteiger partial charge in [-0.15, -0.1) is 0 Å². The summed E-state index contributed by atoms with van der Waals surface area (Å²) in [6, 6.07) is 74.5. The first-order chi connectivity index (χ1) is 70.9. The predicted molar refractivity (Wildman–Crippen MR) is 561 cm³/mol. The number of benzene rings is 10. The molecule has 148 heavy (non-hydrogen) atoms. The van der Waals surface area contributed by atoms with Crippen LogP contribution in [0.2, 0.25) is 10.3 Å². The van der Waals surface area contributed by atoms with Gasteiger partial charge >= 0.3 is 0 Å². The highest BCUT2D eigenvalue weighted by molar-refractivity contribution is 6.34. The lowest BCUT2D eigenvalue weighted by atomic mass is 10.2. The number of anilines is 10. The van der Waals surface area contributed by atoms with Gasteiger partial charge in [0.1, 0.15) is 114 Å².